The lowest BCUT2D eigenvalue weighted by atomic mass is 10.2. The summed E-state index contributed by atoms with van der Waals surface area (Å²) in [6.45, 7) is 1.14. The van der Waals surface area contributed by atoms with E-state index in [-0.39, 0.29) is 18.6 Å². The molecule has 1 aromatic rings. The lowest BCUT2D eigenvalue weighted by Crippen LogP contribution is -2.42. The Hall–Kier alpha value is -1.05. The molecule has 1 saturated carbocycles. The fraction of sp³-hybridized carbons (Fsp3) is 0.571. The van der Waals surface area contributed by atoms with Gasteiger partial charge in [0.05, 0.1) is 0 Å². The van der Waals surface area contributed by atoms with Crippen molar-refractivity contribution in [2.45, 2.75) is 42.7 Å². The Balaban J connectivity index is 1.93. The number of rotatable bonds is 5. The van der Waals surface area contributed by atoms with Gasteiger partial charge >= 0.3 is 0 Å². The molecule has 0 aromatic heterocycles. The van der Waals surface area contributed by atoms with Crippen molar-refractivity contribution < 1.29 is 17.2 Å². The van der Waals surface area contributed by atoms with Crippen molar-refractivity contribution in [3.05, 3.63) is 29.8 Å². The second kappa shape index (κ2) is 5.62. The summed E-state index contributed by atoms with van der Waals surface area (Å²) in [6.07, 6.45) is 3.39. The normalized spacial score (nSPS) is 22.9. The van der Waals surface area contributed by atoms with Gasteiger partial charge in [-0.1, -0.05) is 6.07 Å². The average Bonchev–Trinajstić information content (AvgIpc) is 3.11. The molecule has 1 aliphatic heterocycles. The molecule has 7 heteroatoms. The zero-order valence-electron chi connectivity index (χ0n) is 11.6. The molecule has 0 bridgehead atoms. The summed E-state index contributed by atoms with van der Waals surface area (Å²) in [5.74, 6) is -2.06. The van der Waals surface area contributed by atoms with Crippen molar-refractivity contribution in [2.75, 3.05) is 13.1 Å². The second-order valence-electron chi connectivity index (χ2n) is 5.65. The van der Waals surface area contributed by atoms with Crippen LogP contribution in [0.4, 0.5) is 8.78 Å². The Morgan fingerprint density at radius 1 is 1.19 bits per heavy atom. The second-order valence-corrected chi connectivity index (χ2v) is 7.48. The third-order valence-corrected chi connectivity index (χ3v) is 5.97. The van der Waals surface area contributed by atoms with Crippen molar-refractivity contribution in [1.29, 1.82) is 0 Å². The molecule has 1 saturated heterocycles. The summed E-state index contributed by atoms with van der Waals surface area (Å²) >= 11 is 0. The average molecular weight is 316 g/mol. The van der Waals surface area contributed by atoms with E-state index >= 15 is 0 Å². The van der Waals surface area contributed by atoms with Crippen LogP contribution in [0.1, 0.15) is 25.7 Å². The molecule has 21 heavy (non-hydrogen) atoms. The topological polar surface area (TPSA) is 49.4 Å². The van der Waals surface area contributed by atoms with Crippen LogP contribution >= 0.6 is 0 Å². The molecule has 0 radical (unpaired) electrons. The molecule has 116 valence electrons. The third kappa shape index (κ3) is 2.95. The molecule has 1 aromatic carbocycles. The van der Waals surface area contributed by atoms with Crippen LogP contribution in [0, 0.1) is 11.6 Å². The first-order valence-electron chi connectivity index (χ1n) is 7.19. The summed E-state index contributed by atoms with van der Waals surface area (Å²) in [6, 6.07) is 3.07. The maximum absolute atomic E-state index is 13.8. The minimum atomic E-state index is -4.14. The van der Waals surface area contributed by atoms with E-state index < -0.39 is 26.6 Å². The number of hydrogen-bond acceptors (Lipinski definition) is 3. The van der Waals surface area contributed by atoms with Crippen molar-refractivity contribution in [3.63, 3.8) is 0 Å². The fourth-order valence-electron chi connectivity index (χ4n) is 2.78. The molecule has 1 unspecified atom stereocenters. The van der Waals surface area contributed by atoms with E-state index in [0.29, 0.717) is 0 Å². The van der Waals surface area contributed by atoms with Gasteiger partial charge in [-0.2, -0.15) is 4.31 Å². The highest BCUT2D eigenvalue weighted by atomic mass is 32.2. The van der Waals surface area contributed by atoms with Gasteiger partial charge in [0, 0.05) is 18.6 Å². The summed E-state index contributed by atoms with van der Waals surface area (Å²) in [7, 11) is -4.14. The summed E-state index contributed by atoms with van der Waals surface area (Å²) in [5, 5.41) is 3.23. The van der Waals surface area contributed by atoms with Crippen LogP contribution in [0.15, 0.2) is 23.1 Å². The monoisotopic (exact) mass is 316 g/mol. The van der Waals surface area contributed by atoms with Crippen LogP contribution in [0.2, 0.25) is 0 Å². The van der Waals surface area contributed by atoms with Crippen LogP contribution in [-0.4, -0.2) is 37.9 Å². The predicted molar refractivity (Wildman–Crippen MR) is 74.3 cm³/mol. The van der Waals surface area contributed by atoms with Gasteiger partial charge in [0.15, 0.2) is 4.90 Å². The number of nitrogens with one attached hydrogen (secondary N) is 1. The largest absolute Gasteiger partial charge is 0.313 e. The predicted octanol–water partition coefficient (Wildman–Crippen LogP) is 1.87. The van der Waals surface area contributed by atoms with Crippen LogP contribution in [-0.2, 0) is 10.0 Å². The Morgan fingerprint density at radius 3 is 2.38 bits per heavy atom. The first-order valence-corrected chi connectivity index (χ1v) is 8.63. The molecule has 1 heterocycles. The van der Waals surface area contributed by atoms with E-state index in [1.165, 1.54) is 10.4 Å². The smallest absolute Gasteiger partial charge is 0.249 e. The molecular formula is C14H18F2N2O2S. The minimum absolute atomic E-state index is 0.0650. The fourth-order valence-corrected chi connectivity index (χ4v) is 4.62. The van der Waals surface area contributed by atoms with Gasteiger partial charge in [-0.3, -0.25) is 0 Å². The maximum Gasteiger partial charge on any atom is 0.249 e. The maximum atomic E-state index is 13.8. The van der Waals surface area contributed by atoms with Gasteiger partial charge in [0.1, 0.15) is 11.6 Å². The summed E-state index contributed by atoms with van der Waals surface area (Å²) < 4.78 is 54.3. The number of halogens is 2. The molecule has 2 aliphatic rings. The van der Waals surface area contributed by atoms with Crippen LogP contribution < -0.4 is 5.32 Å². The van der Waals surface area contributed by atoms with E-state index in [4.69, 9.17) is 0 Å². The molecule has 2 fully saturated rings. The molecule has 3 rings (SSSR count). The van der Waals surface area contributed by atoms with Gasteiger partial charge in [-0.25, -0.2) is 17.2 Å². The van der Waals surface area contributed by atoms with E-state index in [1.54, 1.807) is 0 Å². The summed E-state index contributed by atoms with van der Waals surface area (Å²) in [5.41, 5.74) is 0. The minimum Gasteiger partial charge on any atom is -0.313 e. The van der Waals surface area contributed by atoms with Crippen molar-refractivity contribution in [3.8, 4) is 0 Å². The van der Waals surface area contributed by atoms with Crippen molar-refractivity contribution in [1.82, 2.24) is 9.62 Å². The number of sulfonamides is 1. The molecule has 4 nitrogen and oxygen atoms in total. The van der Waals surface area contributed by atoms with Gasteiger partial charge in [-0.15, -0.1) is 0 Å². The van der Waals surface area contributed by atoms with Crippen molar-refractivity contribution >= 4 is 10.0 Å². The molecule has 1 aliphatic carbocycles. The van der Waals surface area contributed by atoms with Gasteiger partial charge in [0.25, 0.3) is 0 Å². The van der Waals surface area contributed by atoms with Crippen LogP contribution in [0.5, 0.6) is 0 Å². The summed E-state index contributed by atoms with van der Waals surface area (Å²) in [4.78, 5) is -0.824. The van der Waals surface area contributed by atoms with Gasteiger partial charge in [-0.05, 0) is 44.4 Å². The Kier molecular flexibility index (Phi) is 3.98. The Bertz CT molecular complexity index is 606. The number of nitrogens with zero attached hydrogens (tertiary/aromatic N) is 1. The Labute approximate surface area is 123 Å². The van der Waals surface area contributed by atoms with E-state index in [9.17, 15) is 17.2 Å². The lowest BCUT2D eigenvalue weighted by Gasteiger charge is -2.25. The lowest BCUT2D eigenvalue weighted by molar-refractivity contribution is 0.358. The zero-order chi connectivity index (χ0) is 15.0. The van der Waals surface area contributed by atoms with E-state index in [2.05, 4.69) is 5.32 Å². The molecule has 0 spiro atoms. The first-order chi connectivity index (χ1) is 10.00. The van der Waals surface area contributed by atoms with Crippen molar-refractivity contribution in [2.24, 2.45) is 0 Å². The SMILES string of the molecule is O=S(=O)(c1c(F)cccc1F)N(CC1CCCN1)C1CC1. The van der Waals surface area contributed by atoms with Gasteiger partial charge in [0.2, 0.25) is 10.0 Å². The van der Waals surface area contributed by atoms with Crippen LogP contribution in [0.25, 0.3) is 0 Å². The van der Waals surface area contributed by atoms with Crippen LogP contribution in [0.3, 0.4) is 0 Å². The first kappa shape index (κ1) is 14.9. The number of benzene rings is 1. The Morgan fingerprint density at radius 2 is 1.86 bits per heavy atom. The molecule has 1 N–H and O–H groups in total. The highest BCUT2D eigenvalue weighted by molar-refractivity contribution is 7.89. The molecule has 0 amide bonds. The quantitative estimate of drug-likeness (QED) is 0.902. The third-order valence-electron chi connectivity index (χ3n) is 4.00. The highest BCUT2D eigenvalue weighted by Crippen LogP contribution is 2.34. The zero-order valence-corrected chi connectivity index (χ0v) is 12.4. The van der Waals surface area contributed by atoms with E-state index in [0.717, 1.165) is 44.4 Å². The van der Waals surface area contributed by atoms with E-state index in [1.807, 2.05) is 0 Å². The molecule has 1 atom stereocenters. The van der Waals surface area contributed by atoms with Gasteiger partial charge < -0.3 is 5.32 Å². The number of hydrogen-bond donors (Lipinski definition) is 1. The molecular weight excluding hydrogens is 298 g/mol. The standard InChI is InChI=1S/C14H18F2N2O2S/c15-12-4-1-5-13(16)14(12)21(19,20)18(11-6-7-11)9-10-3-2-8-17-10/h1,4-5,10-11,17H,2-3,6-9H2. The highest BCUT2D eigenvalue weighted by Gasteiger charge is 2.41.